The van der Waals surface area contributed by atoms with Crippen LogP contribution in [0.5, 0.6) is 0 Å². The van der Waals surface area contributed by atoms with E-state index in [9.17, 15) is 0 Å². The molecule has 0 saturated carbocycles. The third-order valence-electron chi connectivity index (χ3n) is 2.22. The Labute approximate surface area is 64.8 Å². The Morgan fingerprint density at radius 3 is 2.40 bits per heavy atom. The standard InChI is InChI=1S/C7H16NOP/c9-5-7-1-3-8(6-10)4-2-7/h7,9H,1-6,10H2. The van der Waals surface area contributed by atoms with E-state index in [1.54, 1.807) is 0 Å². The van der Waals surface area contributed by atoms with Gasteiger partial charge in [-0.25, -0.2) is 0 Å². The predicted molar refractivity (Wildman–Crippen MR) is 46.0 cm³/mol. The maximum Gasteiger partial charge on any atom is 0.0460 e. The monoisotopic (exact) mass is 161 g/mol. The highest BCUT2D eigenvalue weighted by atomic mass is 31.0. The first-order valence-corrected chi connectivity index (χ1v) is 4.71. The van der Waals surface area contributed by atoms with Crippen LogP contribution in [0.15, 0.2) is 0 Å². The van der Waals surface area contributed by atoms with Crippen LogP contribution >= 0.6 is 9.24 Å². The molecule has 0 aromatic rings. The predicted octanol–water partition coefficient (Wildman–Crippen LogP) is 0.523. The smallest absolute Gasteiger partial charge is 0.0460 e. The van der Waals surface area contributed by atoms with Crippen LogP contribution in [0, 0.1) is 5.92 Å². The van der Waals surface area contributed by atoms with Crippen molar-refractivity contribution in [1.29, 1.82) is 0 Å². The summed E-state index contributed by atoms with van der Waals surface area (Å²) in [5, 5.41) is 8.83. The summed E-state index contributed by atoms with van der Waals surface area (Å²) in [7, 11) is 2.74. The summed E-state index contributed by atoms with van der Waals surface area (Å²) in [5.74, 6) is 0.577. The summed E-state index contributed by atoms with van der Waals surface area (Å²) in [6.07, 6.45) is 3.42. The molecule has 0 amide bonds. The Hall–Kier alpha value is 0.350. The first kappa shape index (κ1) is 8.45. The average Bonchev–Trinajstić information content (AvgIpc) is 2.05. The van der Waals surface area contributed by atoms with E-state index in [-0.39, 0.29) is 0 Å². The van der Waals surface area contributed by atoms with Crippen LogP contribution in [0.1, 0.15) is 12.8 Å². The molecule has 0 radical (unpaired) electrons. The number of aliphatic hydroxyl groups excluding tert-OH is 1. The van der Waals surface area contributed by atoms with E-state index >= 15 is 0 Å². The molecule has 0 aromatic heterocycles. The number of rotatable bonds is 2. The lowest BCUT2D eigenvalue weighted by molar-refractivity contribution is 0.144. The zero-order valence-corrected chi connectivity index (χ0v) is 7.45. The van der Waals surface area contributed by atoms with Gasteiger partial charge in [0, 0.05) is 12.9 Å². The van der Waals surface area contributed by atoms with Crippen LogP contribution in [-0.4, -0.2) is 36.0 Å². The van der Waals surface area contributed by atoms with Crippen molar-refractivity contribution in [1.82, 2.24) is 4.90 Å². The van der Waals surface area contributed by atoms with Crippen LogP contribution in [0.4, 0.5) is 0 Å². The number of hydrogen-bond donors (Lipinski definition) is 1. The van der Waals surface area contributed by atoms with Crippen molar-refractivity contribution in [2.75, 3.05) is 26.0 Å². The zero-order chi connectivity index (χ0) is 7.40. The maximum absolute atomic E-state index is 8.83. The molecule has 1 aliphatic rings. The lowest BCUT2D eigenvalue weighted by Crippen LogP contribution is -2.33. The van der Waals surface area contributed by atoms with Gasteiger partial charge in [0.1, 0.15) is 0 Å². The number of likely N-dealkylation sites (tertiary alicyclic amines) is 1. The number of hydrogen-bond acceptors (Lipinski definition) is 2. The largest absolute Gasteiger partial charge is 0.396 e. The second-order valence-corrected chi connectivity index (χ2v) is 3.29. The number of piperidine rings is 1. The van der Waals surface area contributed by atoms with E-state index in [2.05, 4.69) is 14.1 Å². The molecule has 0 aliphatic carbocycles. The highest BCUT2D eigenvalue weighted by Gasteiger charge is 2.16. The fourth-order valence-electron chi connectivity index (χ4n) is 1.35. The van der Waals surface area contributed by atoms with Crippen molar-refractivity contribution in [2.24, 2.45) is 5.92 Å². The van der Waals surface area contributed by atoms with Crippen molar-refractivity contribution in [3.8, 4) is 0 Å². The highest BCUT2D eigenvalue weighted by molar-refractivity contribution is 7.16. The summed E-state index contributed by atoms with van der Waals surface area (Å²) in [6.45, 7) is 2.70. The van der Waals surface area contributed by atoms with Gasteiger partial charge < -0.3 is 5.11 Å². The fourth-order valence-corrected chi connectivity index (χ4v) is 1.72. The van der Waals surface area contributed by atoms with Crippen LogP contribution in [-0.2, 0) is 0 Å². The Kier molecular flexibility index (Phi) is 3.61. The Bertz CT molecular complexity index is 79.6. The van der Waals surface area contributed by atoms with Gasteiger partial charge in [0.25, 0.3) is 0 Å². The SMILES string of the molecule is OCC1CCN(CP)CC1. The van der Waals surface area contributed by atoms with Crippen molar-refractivity contribution >= 4 is 9.24 Å². The number of aliphatic hydroxyl groups is 1. The van der Waals surface area contributed by atoms with Gasteiger partial charge in [0.2, 0.25) is 0 Å². The summed E-state index contributed by atoms with van der Waals surface area (Å²) in [4.78, 5) is 2.40. The van der Waals surface area contributed by atoms with Gasteiger partial charge >= 0.3 is 0 Å². The van der Waals surface area contributed by atoms with Gasteiger partial charge in [0.05, 0.1) is 0 Å². The minimum absolute atomic E-state index is 0.380. The maximum atomic E-state index is 8.83. The van der Waals surface area contributed by atoms with Gasteiger partial charge in [-0.1, -0.05) is 0 Å². The summed E-state index contributed by atoms with van der Waals surface area (Å²) in [6, 6.07) is 0. The normalized spacial score (nSPS) is 23.4. The fraction of sp³-hybridized carbons (Fsp3) is 1.00. The third kappa shape index (κ3) is 2.19. The first-order valence-electron chi connectivity index (χ1n) is 3.90. The Balaban J connectivity index is 2.17. The molecule has 1 fully saturated rings. The first-order chi connectivity index (χ1) is 4.86. The lowest BCUT2D eigenvalue weighted by Gasteiger charge is -2.29. The van der Waals surface area contributed by atoms with Crippen molar-refractivity contribution in [3.63, 3.8) is 0 Å². The molecule has 3 heteroatoms. The molecule has 1 N–H and O–H groups in total. The summed E-state index contributed by atoms with van der Waals surface area (Å²) >= 11 is 0. The van der Waals surface area contributed by atoms with E-state index < -0.39 is 0 Å². The quantitative estimate of drug-likeness (QED) is 0.597. The Morgan fingerprint density at radius 2 is 2.00 bits per heavy atom. The molecule has 0 aromatic carbocycles. The molecule has 1 saturated heterocycles. The zero-order valence-electron chi connectivity index (χ0n) is 6.29. The molecule has 1 heterocycles. The third-order valence-corrected chi connectivity index (χ3v) is 2.74. The molecular weight excluding hydrogens is 145 g/mol. The molecule has 1 rings (SSSR count). The van der Waals surface area contributed by atoms with Crippen molar-refractivity contribution in [2.45, 2.75) is 12.8 Å². The molecule has 2 nitrogen and oxygen atoms in total. The van der Waals surface area contributed by atoms with Crippen LogP contribution in [0.2, 0.25) is 0 Å². The minimum atomic E-state index is 0.380. The number of nitrogens with zero attached hydrogens (tertiary/aromatic N) is 1. The van der Waals surface area contributed by atoms with Gasteiger partial charge in [-0.3, -0.25) is 4.90 Å². The van der Waals surface area contributed by atoms with Gasteiger partial charge in [-0.05, 0) is 31.8 Å². The molecule has 1 atom stereocenters. The van der Waals surface area contributed by atoms with E-state index in [4.69, 9.17) is 5.11 Å². The van der Waals surface area contributed by atoms with E-state index in [0.717, 1.165) is 19.4 Å². The minimum Gasteiger partial charge on any atom is -0.396 e. The van der Waals surface area contributed by atoms with Crippen molar-refractivity contribution in [3.05, 3.63) is 0 Å². The lowest BCUT2D eigenvalue weighted by atomic mass is 9.98. The molecule has 60 valence electrons. The van der Waals surface area contributed by atoms with E-state index in [1.165, 1.54) is 12.8 Å². The second-order valence-electron chi connectivity index (χ2n) is 2.93. The molecular formula is C7H16NOP. The van der Waals surface area contributed by atoms with E-state index in [1.807, 2.05) is 0 Å². The topological polar surface area (TPSA) is 23.5 Å². The molecule has 0 bridgehead atoms. The van der Waals surface area contributed by atoms with Gasteiger partial charge in [-0.2, -0.15) is 0 Å². The molecule has 10 heavy (non-hydrogen) atoms. The van der Waals surface area contributed by atoms with Crippen LogP contribution in [0.25, 0.3) is 0 Å². The Morgan fingerprint density at radius 1 is 1.40 bits per heavy atom. The molecule has 1 aliphatic heterocycles. The second kappa shape index (κ2) is 4.27. The van der Waals surface area contributed by atoms with Crippen LogP contribution in [0.3, 0.4) is 0 Å². The highest BCUT2D eigenvalue weighted by Crippen LogP contribution is 2.16. The average molecular weight is 161 g/mol. The van der Waals surface area contributed by atoms with Gasteiger partial charge in [0.15, 0.2) is 0 Å². The molecule has 0 spiro atoms. The van der Waals surface area contributed by atoms with Crippen molar-refractivity contribution < 1.29 is 5.11 Å². The molecule has 1 unspecified atom stereocenters. The van der Waals surface area contributed by atoms with Crippen LogP contribution < -0.4 is 0 Å². The summed E-state index contributed by atoms with van der Waals surface area (Å²) in [5.41, 5.74) is 0. The summed E-state index contributed by atoms with van der Waals surface area (Å²) < 4.78 is 0. The van der Waals surface area contributed by atoms with E-state index in [0.29, 0.717) is 12.5 Å². The van der Waals surface area contributed by atoms with Gasteiger partial charge in [-0.15, -0.1) is 9.24 Å².